The minimum absolute atomic E-state index is 0.332. The van der Waals surface area contributed by atoms with Gasteiger partial charge in [-0.3, -0.25) is 0 Å². The standard InChI is InChI=1S/C21H22ClNO2/c1-25-21(24)10-6-16-5-8-19-17(13-16)7-9-20(19)23-12-11-15-3-2-4-18(22)14-15/h2-6,8,10,13-14,20,23H,7,9,11-12H2,1H3. The fraction of sp³-hybridized carbons (Fsp3) is 0.286. The third kappa shape index (κ3) is 4.71. The zero-order chi connectivity index (χ0) is 17.6. The number of rotatable bonds is 6. The summed E-state index contributed by atoms with van der Waals surface area (Å²) in [4.78, 5) is 11.2. The quantitative estimate of drug-likeness (QED) is 0.618. The van der Waals surface area contributed by atoms with Gasteiger partial charge in [-0.1, -0.05) is 41.9 Å². The predicted octanol–water partition coefficient (Wildman–Crippen LogP) is 4.35. The van der Waals surface area contributed by atoms with Crippen molar-refractivity contribution in [3.05, 3.63) is 75.8 Å². The van der Waals surface area contributed by atoms with E-state index in [1.54, 1.807) is 6.08 Å². The van der Waals surface area contributed by atoms with Gasteiger partial charge in [-0.15, -0.1) is 0 Å². The maximum atomic E-state index is 11.2. The first kappa shape index (κ1) is 17.7. The molecule has 4 heteroatoms. The summed E-state index contributed by atoms with van der Waals surface area (Å²) in [6.07, 6.45) is 6.38. The molecule has 1 aliphatic rings. The number of ether oxygens (including phenoxy) is 1. The largest absolute Gasteiger partial charge is 0.466 e. The van der Waals surface area contributed by atoms with Gasteiger partial charge < -0.3 is 10.1 Å². The van der Waals surface area contributed by atoms with Crippen LogP contribution in [0.2, 0.25) is 5.02 Å². The zero-order valence-corrected chi connectivity index (χ0v) is 15.1. The van der Waals surface area contributed by atoms with Crippen LogP contribution in [0.3, 0.4) is 0 Å². The van der Waals surface area contributed by atoms with Crippen molar-refractivity contribution in [3.8, 4) is 0 Å². The van der Waals surface area contributed by atoms with Crippen molar-refractivity contribution >= 4 is 23.6 Å². The van der Waals surface area contributed by atoms with E-state index in [4.69, 9.17) is 11.6 Å². The Hall–Kier alpha value is -2.10. The van der Waals surface area contributed by atoms with Crippen molar-refractivity contribution in [2.75, 3.05) is 13.7 Å². The first-order valence-corrected chi connectivity index (χ1v) is 8.90. The molecular weight excluding hydrogens is 334 g/mol. The number of nitrogens with one attached hydrogen (secondary N) is 1. The molecule has 0 bridgehead atoms. The van der Waals surface area contributed by atoms with Crippen molar-refractivity contribution in [1.82, 2.24) is 5.32 Å². The fourth-order valence-electron chi connectivity index (χ4n) is 3.27. The SMILES string of the molecule is COC(=O)C=Cc1ccc2c(c1)CCC2NCCc1cccc(Cl)c1. The van der Waals surface area contributed by atoms with Crippen LogP contribution < -0.4 is 5.32 Å². The topological polar surface area (TPSA) is 38.3 Å². The Labute approximate surface area is 153 Å². The second-order valence-electron chi connectivity index (χ2n) is 6.24. The first-order chi connectivity index (χ1) is 12.2. The lowest BCUT2D eigenvalue weighted by Crippen LogP contribution is -2.21. The summed E-state index contributed by atoms with van der Waals surface area (Å²) >= 11 is 6.03. The summed E-state index contributed by atoms with van der Waals surface area (Å²) in [6.45, 7) is 0.925. The van der Waals surface area contributed by atoms with Gasteiger partial charge in [0.1, 0.15) is 0 Å². The Balaban J connectivity index is 1.58. The van der Waals surface area contributed by atoms with Crippen molar-refractivity contribution < 1.29 is 9.53 Å². The number of halogens is 1. The van der Waals surface area contributed by atoms with E-state index >= 15 is 0 Å². The minimum atomic E-state index is -0.332. The summed E-state index contributed by atoms with van der Waals surface area (Å²) in [7, 11) is 1.38. The molecule has 1 aliphatic carbocycles. The number of hydrogen-bond acceptors (Lipinski definition) is 3. The van der Waals surface area contributed by atoms with E-state index in [2.05, 4.69) is 34.3 Å². The normalized spacial score (nSPS) is 16.2. The average Bonchev–Trinajstić information content (AvgIpc) is 3.02. The van der Waals surface area contributed by atoms with Crippen LogP contribution >= 0.6 is 11.6 Å². The monoisotopic (exact) mass is 355 g/mol. The van der Waals surface area contributed by atoms with Crippen molar-refractivity contribution in [3.63, 3.8) is 0 Å². The van der Waals surface area contributed by atoms with Crippen LogP contribution in [-0.2, 0) is 22.4 Å². The number of carbonyl (C=O) groups is 1. The maximum absolute atomic E-state index is 11.2. The Bertz CT molecular complexity index is 785. The summed E-state index contributed by atoms with van der Waals surface area (Å²) < 4.78 is 4.63. The molecule has 0 aromatic heterocycles. The maximum Gasteiger partial charge on any atom is 0.330 e. The van der Waals surface area contributed by atoms with Crippen LogP contribution in [-0.4, -0.2) is 19.6 Å². The van der Waals surface area contributed by atoms with Gasteiger partial charge in [0.05, 0.1) is 7.11 Å². The molecular formula is C21H22ClNO2. The molecule has 130 valence electrons. The number of benzene rings is 2. The average molecular weight is 356 g/mol. The van der Waals surface area contributed by atoms with Gasteiger partial charge in [0.15, 0.2) is 0 Å². The highest BCUT2D eigenvalue weighted by Crippen LogP contribution is 2.32. The highest BCUT2D eigenvalue weighted by atomic mass is 35.5. The summed E-state index contributed by atoms with van der Waals surface area (Å²) in [5.74, 6) is -0.332. The molecule has 0 spiro atoms. The van der Waals surface area contributed by atoms with Crippen LogP contribution in [0.15, 0.2) is 48.5 Å². The van der Waals surface area contributed by atoms with E-state index in [-0.39, 0.29) is 5.97 Å². The fourth-order valence-corrected chi connectivity index (χ4v) is 3.48. The third-order valence-electron chi connectivity index (χ3n) is 4.55. The van der Waals surface area contributed by atoms with Crippen molar-refractivity contribution in [2.45, 2.75) is 25.3 Å². The molecule has 25 heavy (non-hydrogen) atoms. The molecule has 3 rings (SSSR count). The van der Waals surface area contributed by atoms with Crippen LogP contribution in [0.4, 0.5) is 0 Å². The number of methoxy groups -OCH3 is 1. The van der Waals surface area contributed by atoms with Gasteiger partial charge in [0, 0.05) is 17.1 Å². The Morgan fingerprint density at radius 1 is 1.32 bits per heavy atom. The molecule has 0 saturated carbocycles. The molecule has 0 saturated heterocycles. The first-order valence-electron chi connectivity index (χ1n) is 8.52. The number of fused-ring (bicyclic) bond motifs is 1. The second-order valence-corrected chi connectivity index (χ2v) is 6.68. The summed E-state index contributed by atoms with van der Waals surface area (Å²) in [6, 6.07) is 14.8. The molecule has 1 N–H and O–H groups in total. The Kier molecular flexibility index (Phi) is 5.90. The van der Waals surface area contributed by atoms with Gasteiger partial charge in [0.25, 0.3) is 0 Å². The highest BCUT2D eigenvalue weighted by Gasteiger charge is 2.21. The second kappa shape index (κ2) is 8.32. The van der Waals surface area contributed by atoms with E-state index < -0.39 is 0 Å². The number of esters is 1. The molecule has 3 nitrogen and oxygen atoms in total. The van der Waals surface area contributed by atoms with Gasteiger partial charge in [0.2, 0.25) is 0 Å². The van der Waals surface area contributed by atoms with Crippen molar-refractivity contribution in [2.24, 2.45) is 0 Å². The molecule has 0 fully saturated rings. The predicted molar refractivity (Wildman–Crippen MR) is 102 cm³/mol. The highest BCUT2D eigenvalue weighted by molar-refractivity contribution is 6.30. The molecule has 1 unspecified atom stereocenters. The van der Waals surface area contributed by atoms with E-state index in [1.807, 2.05) is 18.2 Å². The lowest BCUT2D eigenvalue weighted by atomic mass is 10.0. The van der Waals surface area contributed by atoms with E-state index in [0.717, 1.165) is 36.4 Å². The van der Waals surface area contributed by atoms with Crippen molar-refractivity contribution in [1.29, 1.82) is 0 Å². The van der Waals surface area contributed by atoms with Crippen LogP contribution in [0, 0.1) is 0 Å². The van der Waals surface area contributed by atoms with E-state index in [1.165, 1.54) is 29.9 Å². The van der Waals surface area contributed by atoms with Gasteiger partial charge >= 0.3 is 5.97 Å². The van der Waals surface area contributed by atoms with E-state index in [9.17, 15) is 4.79 Å². The zero-order valence-electron chi connectivity index (χ0n) is 14.3. The minimum Gasteiger partial charge on any atom is -0.466 e. The molecule has 0 aliphatic heterocycles. The lowest BCUT2D eigenvalue weighted by molar-refractivity contribution is -0.134. The number of carbonyl (C=O) groups excluding carboxylic acids is 1. The Morgan fingerprint density at radius 3 is 3.00 bits per heavy atom. The molecule has 2 aromatic carbocycles. The van der Waals surface area contributed by atoms with E-state index in [0.29, 0.717) is 6.04 Å². The Morgan fingerprint density at radius 2 is 2.20 bits per heavy atom. The summed E-state index contributed by atoms with van der Waals surface area (Å²) in [5, 5.41) is 4.44. The number of aryl methyl sites for hydroxylation is 1. The number of hydrogen-bond donors (Lipinski definition) is 1. The molecule has 0 amide bonds. The van der Waals surface area contributed by atoms with Gasteiger partial charge in [-0.25, -0.2) is 4.79 Å². The molecule has 0 heterocycles. The van der Waals surface area contributed by atoms with Crippen LogP contribution in [0.5, 0.6) is 0 Å². The van der Waals surface area contributed by atoms with Gasteiger partial charge in [-0.05, 0) is 66.3 Å². The van der Waals surface area contributed by atoms with Gasteiger partial charge in [-0.2, -0.15) is 0 Å². The summed E-state index contributed by atoms with van der Waals surface area (Å²) in [5.41, 5.74) is 5.00. The van der Waals surface area contributed by atoms with Crippen LogP contribution in [0.25, 0.3) is 6.08 Å². The van der Waals surface area contributed by atoms with Crippen LogP contribution in [0.1, 0.15) is 34.7 Å². The lowest BCUT2D eigenvalue weighted by Gasteiger charge is -2.14. The molecule has 1 atom stereocenters. The third-order valence-corrected chi connectivity index (χ3v) is 4.79. The molecule has 2 aromatic rings. The molecule has 0 radical (unpaired) electrons. The smallest absolute Gasteiger partial charge is 0.330 e.